The summed E-state index contributed by atoms with van der Waals surface area (Å²) in [6.45, 7) is 2.39. The molecule has 0 bridgehead atoms. The molecule has 11 heteroatoms. The Hall–Kier alpha value is -0.598. The second kappa shape index (κ2) is 15.4. The summed E-state index contributed by atoms with van der Waals surface area (Å²) in [6, 6.07) is 0. The Morgan fingerprint density at radius 2 is 1.06 bits per heavy atom. The summed E-state index contributed by atoms with van der Waals surface area (Å²) < 4.78 is 0. The number of hydrogen-bond acceptors (Lipinski definition) is 7. The summed E-state index contributed by atoms with van der Waals surface area (Å²) in [5.74, 6) is -2.37. The zero-order valence-corrected chi connectivity index (χ0v) is 9.64. The molecule has 17 heavy (non-hydrogen) atoms. The van der Waals surface area contributed by atoms with Crippen molar-refractivity contribution in [2.75, 3.05) is 0 Å². The number of carboxylic acid groups (broad SMARTS) is 2. The first-order chi connectivity index (χ1) is 7.02. The fraction of sp³-hybridized carbons (Fsp3) is 0.667. The van der Waals surface area contributed by atoms with Gasteiger partial charge in [-0.25, -0.2) is 9.59 Å². The van der Waals surface area contributed by atoms with Crippen molar-refractivity contribution in [2.45, 2.75) is 26.1 Å². The summed E-state index contributed by atoms with van der Waals surface area (Å²) in [6.07, 6.45) is -2.46. The van der Waals surface area contributed by atoms with Gasteiger partial charge in [0, 0.05) is 0 Å². The van der Waals surface area contributed by atoms with Gasteiger partial charge in [-0.3, -0.25) is 0 Å². The van der Waals surface area contributed by atoms with Gasteiger partial charge in [-0.15, -0.1) is 0 Å². The van der Waals surface area contributed by atoms with E-state index < -0.39 is 31.5 Å². The fourth-order valence-electron chi connectivity index (χ4n) is 0. The van der Waals surface area contributed by atoms with Gasteiger partial charge in [-0.1, -0.05) is 0 Å². The van der Waals surface area contributed by atoms with Gasteiger partial charge < -0.3 is 35.5 Å². The summed E-state index contributed by atoms with van der Waals surface area (Å²) in [5.41, 5.74) is 0. The quantitative estimate of drug-likeness (QED) is 0.259. The number of carboxylic acids is 2. The molecule has 0 aliphatic heterocycles. The van der Waals surface area contributed by atoms with Crippen LogP contribution in [0.2, 0.25) is 0 Å². The number of aliphatic hydroxyl groups is 2. The van der Waals surface area contributed by atoms with Crippen LogP contribution in [0, 0.1) is 0 Å². The topological polar surface area (TPSA) is 179 Å². The maximum absolute atomic E-state index is 9.45. The Balaban J connectivity index is -0.0000000741. The number of rotatable bonds is 2. The van der Waals surface area contributed by atoms with Gasteiger partial charge in [0.25, 0.3) is 0 Å². The molecule has 0 radical (unpaired) electrons. The van der Waals surface area contributed by atoms with E-state index in [4.69, 9.17) is 35.5 Å². The number of aliphatic carboxylic acids is 2. The Bertz CT molecular complexity index is 175. The molecule has 0 saturated heterocycles. The summed E-state index contributed by atoms with van der Waals surface area (Å²) in [7, 11) is -2.42. The molecule has 0 fully saturated rings. The average molecular weight is 248 g/mol. The summed E-state index contributed by atoms with van der Waals surface area (Å²) in [5, 5.41) is 54.3. The molecule has 0 saturated carbocycles. The molecule has 0 aliphatic carbocycles. The molecule has 0 amide bonds. The smallest absolute Gasteiger partial charge is 0.832 e. The van der Waals surface area contributed by atoms with Crippen LogP contribution < -0.4 is 23.9 Å². The van der Waals surface area contributed by atoms with Gasteiger partial charge in [0.1, 0.15) is 12.2 Å². The number of carbonyl (C=O) groups is 2. The van der Waals surface area contributed by atoms with E-state index in [2.05, 4.69) is 0 Å². The number of aliphatic hydroxyl groups excluding tert-OH is 2. The normalized spacial score (nSPS) is 11.2. The minimum absolute atomic E-state index is 0. The van der Waals surface area contributed by atoms with Gasteiger partial charge >= 0.3 is 38.1 Å². The predicted molar refractivity (Wildman–Crippen MR) is 48.8 cm³/mol. The van der Waals surface area contributed by atoms with Crippen LogP contribution in [0.1, 0.15) is 13.8 Å². The van der Waals surface area contributed by atoms with Crippen LogP contribution in [0.15, 0.2) is 0 Å². The van der Waals surface area contributed by atoms with E-state index in [0.717, 1.165) is 0 Å². The summed E-state index contributed by atoms with van der Waals surface area (Å²) >= 11 is 0. The molecule has 0 aromatic rings. The SMILES string of the molecule is CC(O)C(=O)O.CC(O)C(=O)O.[Li+].[O-]B(O)O. The predicted octanol–water partition coefficient (Wildman–Crippen LogP) is -6.78. The molecule has 0 aliphatic rings. The Labute approximate surface area is 110 Å². The summed E-state index contributed by atoms with van der Waals surface area (Å²) in [4.78, 5) is 18.9. The van der Waals surface area contributed by atoms with Crippen molar-refractivity contribution in [3.63, 3.8) is 0 Å². The molecular formula is C6H14BLiO9. The Morgan fingerprint density at radius 1 is 1.00 bits per heavy atom. The molecule has 0 heterocycles. The molecular weight excluding hydrogens is 234 g/mol. The standard InChI is InChI=1S/2C3H6O3.BH2O3.Li/c2*1-2(4)3(5)6;2-1(3)4;/h2*2,4H,1H3,(H,5,6);2-3H;/q;;-1;+1. The van der Waals surface area contributed by atoms with Gasteiger partial charge in [-0.2, -0.15) is 0 Å². The van der Waals surface area contributed by atoms with Crippen LogP contribution in [-0.4, -0.2) is 61.9 Å². The van der Waals surface area contributed by atoms with Gasteiger partial charge in [0.05, 0.1) is 0 Å². The number of hydrogen-bond donors (Lipinski definition) is 6. The third-order valence-corrected chi connectivity index (χ3v) is 0.715. The fourth-order valence-corrected chi connectivity index (χ4v) is 0. The van der Waals surface area contributed by atoms with Crippen LogP contribution in [0.5, 0.6) is 0 Å². The van der Waals surface area contributed by atoms with E-state index in [1.165, 1.54) is 13.8 Å². The molecule has 2 unspecified atom stereocenters. The van der Waals surface area contributed by atoms with Crippen molar-refractivity contribution in [1.29, 1.82) is 0 Å². The van der Waals surface area contributed by atoms with Crippen molar-refractivity contribution in [3.05, 3.63) is 0 Å². The van der Waals surface area contributed by atoms with Gasteiger partial charge in [0.2, 0.25) is 0 Å². The minimum Gasteiger partial charge on any atom is -0.832 e. The Morgan fingerprint density at radius 3 is 1.06 bits per heavy atom. The monoisotopic (exact) mass is 248 g/mol. The molecule has 2 atom stereocenters. The largest absolute Gasteiger partial charge is 1.00 e. The van der Waals surface area contributed by atoms with Crippen molar-refractivity contribution >= 4 is 19.3 Å². The molecule has 9 nitrogen and oxygen atoms in total. The van der Waals surface area contributed by atoms with Crippen LogP contribution in [0.4, 0.5) is 0 Å². The van der Waals surface area contributed by atoms with Crippen molar-refractivity contribution in [1.82, 2.24) is 0 Å². The zero-order valence-electron chi connectivity index (χ0n) is 9.64. The van der Waals surface area contributed by atoms with E-state index in [-0.39, 0.29) is 18.9 Å². The van der Waals surface area contributed by atoms with Crippen molar-refractivity contribution < 1.29 is 63.9 Å². The average Bonchev–Trinajstić information content (AvgIpc) is 2.03. The van der Waals surface area contributed by atoms with E-state index >= 15 is 0 Å². The second-order valence-corrected chi connectivity index (χ2v) is 2.35. The van der Waals surface area contributed by atoms with Crippen molar-refractivity contribution in [2.24, 2.45) is 0 Å². The van der Waals surface area contributed by atoms with E-state index in [1.807, 2.05) is 0 Å². The van der Waals surface area contributed by atoms with E-state index in [9.17, 15) is 9.59 Å². The molecule has 0 aromatic heterocycles. The van der Waals surface area contributed by atoms with Gasteiger partial charge in [-0.05, 0) is 13.8 Å². The first-order valence-electron chi connectivity index (χ1n) is 3.86. The molecule has 6 N–H and O–H groups in total. The minimum atomic E-state index is -2.42. The third-order valence-electron chi connectivity index (χ3n) is 0.715. The first kappa shape index (κ1) is 25.3. The maximum Gasteiger partial charge on any atom is 1.00 e. The zero-order chi connectivity index (χ0) is 13.9. The molecule has 0 aromatic carbocycles. The Kier molecular flexibility index (Phi) is 22.9. The molecule has 0 spiro atoms. The van der Waals surface area contributed by atoms with Crippen LogP contribution >= 0.6 is 0 Å². The van der Waals surface area contributed by atoms with E-state index in [0.29, 0.717) is 0 Å². The van der Waals surface area contributed by atoms with Gasteiger partial charge in [0.15, 0.2) is 0 Å². The second-order valence-electron chi connectivity index (χ2n) is 2.35. The third kappa shape index (κ3) is 50.5. The van der Waals surface area contributed by atoms with Crippen molar-refractivity contribution in [3.8, 4) is 0 Å². The van der Waals surface area contributed by atoms with Crippen LogP contribution in [-0.2, 0) is 9.59 Å². The van der Waals surface area contributed by atoms with E-state index in [1.54, 1.807) is 0 Å². The maximum atomic E-state index is 9.45. The molecule has 0 rings (SSSR count). The van der Waals surface area contributed by atoms with Crippen LogP contribution in [0.3, 0.4) is 0 Å². The van der Waals surface area contributed by atoms with Crippen LogP contribution in [0.25, 0.3) is 0 Å². The molecule has 96 valence electrons. The first-order valence-corrected chi connectivity index (χ1v) is 3.86.